The minimum atomic E-state index is -0.503. The van der Waals surface area contributed by atoms with Crippen molar-refractivity contribution in [2.24, 2.45) is 0 Å². The molecule has 5 nitrogen and oxygen atoms in total. The summed E-state index contributed by atoms with van der Waals surface area (Å²) in [6.07, 6.45) is 1.63. The van der Waals surface area contributed by atoms with Crippen molar-refractivity contribution in [1.29, 1.82) is 0 Å². The maximum absolute atomic E-state index is 11.6. The van der Waals surface area contributed by atoms with E-state index in [0.717, 1.165) is 20.4 Å². The van der Waals surface area contributed by atoms with E-state index in [0.29, 0.717) is 6.61 Å². The Morgan fingerprint density at radius 2 is 1.74 bits per heavy atom. The smallest absolute Gasteiger partial charge is 0.326 e. The quantitative estimate of drug-likeness (QED) is 0.341. The molecule has 3 aromatic carbocycles. The summed E-state index contributed by atoms with van der Waals surface area (Å²) in [5.74, 6) is 0.345. The fraction of sp³-hybridized carbons (Fsp3) is 0.0476. The van der Waals surface area contributed by atoms with Crippen molar-refractivity contribution in [2.75, 3.05) is 0 Å². The van der Waals surface area contributed by atoms with Crippen molar-refractivity contribution in [1.82, 2.24) is 10.6 Å². The molecular weight excluding hydrogens is 455 g/mol. The number of halogens is 1. The summed E-state index contributed by atoms with van der Waals surface area (Å²) in [4.78, 5) is 22.8. The van der Waals surface area contributed by atoms with Gasteiger partial charge < -0.3 is 10.1 Å². The minimum absolute atomic E-state index is 0.237. The molecule has 0 unspecified atom stereocenters. The first-order valence-electron chi connectivity index (χ1n) is 8.32. The Morgan fingerprint density at radius 1 is 0.926 bits per heavy atom. The second-order valence-corrected chi connectivity index (χ2v) is 7.29. The van der Waals surface area contributed by atoms with Gasteiger partial charge in [0.25, 0.3) is 5.91 Å². The molecule has 3 aromatic rings. The molecule has 1 aliphatic rings. The lowest BCUT2D eigenvalue weighted by molar-refractivity contribution is -0.115. The molecule has 4 rings (SSSR count). The van der Waals surface area contributed by atoms with E-state index in [2.05, 4.69) is 63.6 Å². The zero-order valence-electron chi connectivity index (χ0n) is 14.2. The number of rotatable bonds is 4. The monoisotopic (exact) mass is 470 g/mol. The Balaban J connectivity index is 1.48. The highest BCUT2D eigenvalue weighted by Crippen LogP contribution is 2.25. The number of nitrogens with one attached hydrogen (secondary N) is 2. The summed E-state index contributed by atoms with van der Waals surface area (Å²) in [5.41, 5.74) is 2.14. The molecule has 27 heavy (non-hydrogen) atoms. The highest BCUT2D eigenvalue weighted by atomic mass is 127. The normalized spacial score (nSPS) is 15.1. The van der Waals surface area contributed by atoms with Gasteiger partial charge in [0.2, 0.25) is 0 Å². The summed E-state index contributed by atoms with van der Waals surface area (Å²) >= 11 is 2.20. The third-order valence-corrected chi connectivity index (χ3v) is 5.04. The van der Waals surface area contributed by atoms with Crippen LogP contribution < -0.4 is 15.4 Å². The molecule has 0 bridgehead atoms. The Labute approximate surface area is 169 Å². The van der Waals surface area contributed by atoms with Gasteiger partial charge in [-0.05, 0) is 68.8 Å². The summed E-state index contributed by atoms with van der Waals surface area (Å²) in [6, 6.07) is 19.6. The number of amides is 3. The zero-order valence-corrected chi connectivity index (χ0v) is 16.3. The third kappa shape index (κ3) is 3.95. The van der Waals surface area contributed by atoms with Crippen LogP contribution in [-0.2, 0) is 11.4 Å². The molecule has 3 amide bonds. The Morgan fingerprint density at radius 3 is 2.48 bits per heavy atom. The van der Waals surface area contributed by atoms with E-state index in [4.69, 9.17) is 4.74 Å². The summed E-state index contributed by atoms with van der Waals surface area (Å²) in [6.45, 7) is 0.472. The number of hydrogen-bond acceptors (Lipinski definition) is 3. The van der Waals surface area contributed by atoms with E-state index in [1.54, 1.807) is 6.08 Å². The molecule has 134 valence electrons. The standard InChI is InChI=1S/C21H15IN2O3/c22-17-10-13(11-18-20(25)24-21(26)23-18)6-8-19(17)27-12-14-5-7-15-3-1-2-4-16(15)9-14/h1-11H,12H2,(H2,23,24,25,26). The molecule has 1 heterocycles. The van der Waals surface area contributed by atoms with Crippen LogP contribution in [0.15, 0.2) is 66.4 Å². The topological polar surface area (TPSA) is 67.4 Å². The van der Waals surface area contributed by atoms with Gasteiger partial charge in [-0.15, -0.1) is 0 Å². The van der Waals surface area contributed by atoms with Crippen LogP contribution in [0.1, 0.15) is 11.1 Å². The molecule has 0 saturated carbocycles. The highest BCUT2D eigenvalue weighted by molar-refractivity contribution is 14.1. The lowest BCUT2D eigenvalue weighted by Crippen LogP contribution is -2.22. The van der Waals surface area contributed by atoms with Gasteiger partial charge >= 0.3 is 6.03 Å². The van der Waals surface area contributed by atoms with Crippen molar-refractivity contribution in [3.8, 4) is 5.75 Å². The van der Waals surface area contributed by atoms with Crippen molar-refractivity contribution in [3.63, 3.8) is 0 Å². The maximum atomic E-state index is 11.6. The number of hydrogen-bond donors (Lipinski definition) is 2. The number of carbonyl (C=O) groups is 2. The number of fused-ring (bicyclic) bond motifs is 1. The lowest BCUT2D eigenvalue weighted by atomic mass is 10.1. The molecule has 0 aromatic heterocycles. The van der Waals surface area contributed by atoms with Crippen LogP contribution in [0.4, 0.5) is 4.79 Å². The van der Waals surface area contributed by atoms with Crippen LogP contribution in [-0.4, -0.2) is 11.9 Å². The molecule has 1 aliphatic heterocycles. The average Bonchev–Trinajstić information content (AvgIpc) is 2.98. The average molecular weight is 470 g/mol. The Bertz CT molecular complexity index is 1090. The lowest BCUT2D eigenvalue weighted by Gasteiger charge is -2.10. The first-order chi connectivity index (χ1) is 13.1. The molecule has 0 aliphatic carbocycles. The number of ether oxygens (including phenoxy) is 1. The van der Waals surface area contributed by atoms with E-state index in [1.165, 1.54) is 10.8 Å². The largest absolute Gasteiger partial charge is 0.488 e. The van der Waals surface area contributed by atoms with Crippen molar-refractivity contribution < 1.29 is 14.3 Å². The first kappa shape index (κ1) is 17.5. The predicted octanol–water partition coefficient (Wildman–Crippen LogP) is 4.20. The van der Waals surface area contributed by atoms with Gasteiger partial charge in [-0.3, -0.25) is 10.1 Å². The van der Waals surface area contributed by atoms with E-state index in [-0.39, 0.29) is 5.70 Å². The van der Waals surface area contributed by atoms with Crippen LogP contribution >= 0.6 is 22.6 Å². The fourth-order valence-corrected chi connectivity index (χ4v) is 3.56. The van der Waals surface area contributed by atoms with Crippen LogP contribution in [0.2, 0.25) is 0 Å². The van der Waals surface area contributed by atoms with Crippen LogP contribution in [0.5, 0.6) is 5.75 Å². The van der Waals surface area contributed by atoms with E-state index < -0.39 is 11.9 Å². The van der Waals surface area contributed by atoms with Gasteiger partial charge in [0.15, 0.2) is 0 Å². The zero-order chi connectivity index (χ0) is 18.8. The molecule has 1 saturated heterocycles. The Hall–Kier alpha value is -2.87. The van der Waals surface area contributed by atoms with Gasteiger partial charge in [0, 0.05) is 0 Å². The van der Waals surface area contributed by atoms with Gasteiger partial charge in [0.1, 0.15) is 18.1 Å². The molecule has 0 atom stereocenters. The summed E-state index contributed by atoms with van der Waals surface area (Å²) < 4.78 is 6.88. The van der Waals surface area contributed by atoms with Gasteiger partial charge in [0.05, 0.1) is 3.57 Å². The number of benzene rings is 3. The van der Waals surface area contributed by atoms with E-state index >= 15 is 0 Å². The third-order valence-electron chi connectivity index (χ3n) is 4.20. The fourth-order valence-electron chi connectivity index (χ4n) is 2.86. The second kappa shape index (κ2) is 7.40. The number of urea groups is 1. The Kier molecular flexibility index (Phi) is 4.81. The van der Waals surface area contributed by atoms with Crippen LogP contribution in [0.25, 0.3) is 16.8 Å². The van der Waals surface area contributed by atoms with Crippen molar-refractivity contribution in [2.45, 2.75) is 6.61 Å². The minimum Gasteiger partial charge on any atom is -0.488 e. The summed E-state index contributed by atoms with van der Waals surface area (Å²) in [7, 11) is 0. The molecule has 2 N–H and O–H groups in total. The van der Waals surface area contributed by atoms with Crippen LogP contribution in [0, 0.1) is 3.57 Å². The van der Waals surface area contributed by atoms with Crippen LogP contribution in [0.3, 0.4) is 0 Å². The summed E-state index contributed by atoms with van der Waals surface area (Å²) in [5, 5.41) is 7.05. The number of imide groups is 1. The van der Waals surface area contributed by atoms with Gasteiger partial charge in [-0.25, -0.2) is 4.79 Å². The van der Waals surface area contributed by atoms with Gasteiger partial charge in [-0.1, -0.05) is 42.5 Å². The highest BCUT2D eigenvalue weighted by Gasteiger charge is 2.22. The number of carbonyl (C=O) groups excluding carboxylic acids is 2. The second-order valence-electron chi connectivity index (χ2n) is 6.13. The van der Waals surface area contributed by atoms with Crippen molar-refractivity contribution >= 4 is 51.4 Å². The van der Waals surface area contributed by atoms with E-state index in [9.17, 15) is 9.59 Å². The first-order valence-corrected chi connectivity index (χ1v) is 9.40. The van der Waals surface area contributed by atoms with Gasteiger partial charge in [-0.2, -0.15) is 0 Å². The molecule has 1 fully saturated rings. The molecular formula is C21H15IN2O3. The molecule has 6 heteroatoms. The van der Waals surface area contributed by atoms with Crippen molar-refractivity contribution in [3.05, 3.63) is 81.1 Å². The maximum Gasteiger partial charge on any atom is 0.326 e. The predicted molar refractivity (Wildman–Crippen MR) is 112 cm³/mol. The SMILES string of the molecule is O=C1NC(=O)C(=Cc2ccc(OCc3ccc4ccccc4c3)c(I)c2)N1. The molecule has 0 spiro atoms. The molecule has 0 radical (unpaired) electrons. The van der Waals surface area contributed by atoms with E-state index in [1.807, 2.05) is 30.3 Å².